The predicted molar refractivity (Wildman–Crippen MR) is 44.0 cm³/mol. The first-order valence-electron chi connectivity index (χ1n) is 3.63. The highest BCUT2D eigenvalue weighted by Gasteiger charge is 2.11. The van der Waals surface area contributed by atoms with Crippen LogP contribution >= 0.6 is 0 Å². The Labute approximate surface area is 70.3 Å². The summed E-state index contributed by atoms with van der Waals surface area (Å²) in [7, 11) is 0. The Bertz CT molecular complexity index is 292. The normalized spacial score (nSPS) is 12.5. The zero-order chi connectivity index (χ0) is 9.14. The summed E-state index contributed by atoms with van der Waals surface area (Å²) in [4.78, 5) is 10.6. The molecule has 0 amide bonds. The summed E-state index contributed by atoms with van der Waals surface area (Å²) in [5.74, 6) is -1.01. The molecular formula is C9H10O3. The minimum Gasteiger partial charge on any atom is -0.478 e. The molecule has 0 saturated carbocycles. The number of hydrogen-bond donors (Lipinski definition) is 2. The van der Waals surface area contributed by atoms with Crippen LogP contribution in [-0.2, 0) is 0 Å². The summed E-state index contributed by atoms with van der Waals surface area (Å²) < 4.78 is 0. The van der Waals surface area contributed by atoms with Crippen LogP contribution in [0.5, 0.6) is 0 Å². The highest BCUT2D eigenvalue weighted by Crippen LogP contribution is 2.16. The number of aliphatic hydroxyl groups excluding tert-OH is 1. The molecule has 1 aromatic rings. The third-order valence-electron chi connectivity index (χ3n) is 1.64. The summed E-state index contributed by atoms with van der Waals surface area (Å²) in [5, 5.41) is 17.9. The van der Waals surface area contributed by atoms with Crippen LogP contribution in [-0.4, -0.2) is 16.2 Å². The molecule has 1 rings (SSSR count). The van der Waals surface area contributed by atoms with Gasteiger partial charge in [0, 0.05) is 0 Å². The molecule has 0 bridgehead atoms. The van der Waals surface area contributed by atoms with Gasteiger partial charge in [0.25, 0.3) is 0 Å². The van der Waals surface area contributed by atoms with Gasteiger partial charge in [-0.1, -0.05) is 18.2 Å². The second-order valence-corrected chi connectivity index (χ2v) is 2.57. The SMILES string of the molecule is C[C@@H](O)c1ccccc1C(=O)O. The van der Waals surface area contributed by atoms with Gasteiger partial charge in [-0.05, 0) is 18.6 Å². The average Bonchev–Trinajstić information content (AvgIpc) is 2.04. The highest BCUT2D eigenvalue weighted by atomic mass is 16.4. The molecule has 0 radical (unpaired) electrons. The summed E-state index contributed by atoms with van der Waals surface area (Å²) in [6, 6.07) is 6.42. The van der Waals surface area contributed by atoms with Gasteiger partial charge in [0.05, 0.1) is 11.7 Å². The Kier molecular flexibility index (Phi) is 2.45. The van der Waals surface area contributed by atoms with Gasteiger partial charge >= 0.3 is 5.97 Å². The van der Waals surface area contributed by atoms with Crippen molar-refractivity contribution >= 4 is 5.97 Å². The molecule has 3 nitrogen and oxygen atoms in total. The fraction of sp³-hybridized carbons (Fsp3) is 0.222. The lowest BCUT2D eigenvalue weighted by atomic mass is 10.0. The van der Waals surface area contributed by atoms with E-state index in [1.54, 1.807) is 25.1 Å². The van der Waals surface area contributed by atoms with Crippen LogP contribution in [0.1, 0.15) is 28.9 Å². The number of carboxylic acid groups (broad SMARTS) is 1. The number of carbonyl (C=O) groups is 1. The molecule has 0 aliphatic heterocycles. The van der Waals surface area contributed by atoms with Crippen molar-refractivity contribution in [1.82, 2.24) is 0 Å². The van der Waals surface area contributed by atoms with Crippen molar-refractivity contribution in [1.29, 1.82) is 0 Å². The topological polar surface area (TPSA) is 57.5 Å². The molecule has 0 unspecified atom stereocenters. The fourth-order valence-electron chi connectivity index (χ4n) is 1.06. The Hall–Kier alpha value is -1.35. The molecule has 0 aliphatic carbocycles. The smallest absolute Gasteiger partial charge is 0.336 e. The monoisotopic (exact) mass is 166 g/mol. The summed E-state index contributed by atoms with van der Waals surface area (Å²) in [6.45, 7) is 1.54. The minimum atomic E-state index is -1.01. The van der Waals surface area contributed by atoms with Crippen molar-refractivity contribution in [3.8, 4) is 0 Å². The first-order chi connectivity index (χ1) is 5.63. The Morgan fingerprint density at radius 1 is 1.42 bits per heavy atom. The van der Waals surface area contributed by atoms with Gasteiger partial charge in [-0.15, -0.1) is 0 Å². The van der Waals surface area contributed by atoms with E-state index in [-0.39, 0.29) is 5.56 Å². The van der Waals surface area contributed by atoms with Gasteiger partial charge in [-0.25, -0.2) is 4.79 Å². The number of aromatic carboxylic acids is 1. The molecule has 3 heteroatoms. The molecule has 1 atom stereocenters. The van der Waals surface area contributed by atoms with E-state index in [2.05, 4.69) is 0 Å². The molecular weight excluding hydrogens is 156 g/mol. The van der Waals surface area contributed by atoms with Crippen LogP contribution in [0.25, 0.3) is 0 Å². The van der Waals surface area contributed by atoms with Gasteiger partial charge in [0.1, 0.15) is 0 Å². The third kappa shape index (κ3) is 1.62. The van der Waals surface area contributed by atoms with Crippen molar-refractivity contribution in [3.63, 3.8) is 0 Å². The molecule has 0 aliphatic rings. The van der Waals surface area contributed by atoms with Gasteiger partial charge in [0.2, 0.25) is 0 Å². The van der Waals surface area contributed by atoms with Crippen LogP contribution < -0.4 is 0 Å². The quantitative estimate of drug-likeness (QED) is 0.698. The van der Waals surface area contributed by atoms with Crippen LogP contribution in [0.2, 0.25) is 0 Å². The summed E-state index contributed by atoms with van der Waals surface area (Å²) in [5.41, 5.74) is 0.609. The summed E-state index contributed by atoms with van der Waals surface area (Å²) in [6.07, 6.45) is -0.739. The minimum absolute atomic E-state index is 0.160. The number of carboxylic acids is 1. The Morgan fingerprint density at radius 3 is 2.42 bits per heavy atom. The van der Waals surface area contributed by atoms with E-state index in [9.17, 15) is 9.90 Å². The van der Waals surface area contributed by atoms with Crippen molar-refractivity contribution in [2.75, 3.05) is 0 Å². The molecule has 0 spiro atoms. The lowest BCUT2D eigenvalue weighted by Crippen LogP contribution is -2.04. The van der Waals surface area contributed by atoms with Crippen molar-refractivity contribution in [3.05, 3.63) is 35.4 Å². The van der Waals surface area contributed by atoms with Crippen LogP contribution in [0.15, 0.2) is 24.3 Å². The van der Waals surface area contributed by atoms with Crippen molar-refractivity contribution in [2.24, 2.45) is 0 Å². The first-order valence-corrected chi connectivity index (χ1v) is 3.63. The summed E-state index contributed by atoms with van der Waals surface area (Å²) >= 11 is 0. The van der Waals surface area contributed by atoms with Gasteiger partial charge < -0.3 is 10.2 Å². The maximum absolute atomic E-state index is 10.6. The van der Waals surface area contributed by atoms with Crippen LogP contribution in [0, 0.1) is 0 Å². The fourth-order valence-corrected chi connectivity index (χ4v) is 1.06. The van der Waals surface area contributed by atoms with Gasteiger partial charge in [-0.2, -0.15) is 0 Å². The average molecular weight is 166 g/mol. The number of aliphatic hydroxyl groups is 1. The zero-order valence-electron chi connectivity index (χ0n) is 6.69. The molecule has 64 valence electrons. The van der Waals surface area contributed by atoms with E-state index in [0.717, 1.165) is 0 Å². The van der Waals surface area contributed by atoms with Crippen LogP contribution in [0.3, 0.4) is 0 Å². The molecule has 0 aromatic heterocycles. The highest BCUT2D eigenvalue weighted by molar-refractivity contribution is 5.89. The number of benzene rings is 1. The van der Waals surface area contributed by atoms with E-state index < -0.39 is 12.1 Å². The van der Waals surface area contributed by atoms with E-state index in [1.807, 2.05) is 0 Å². The number of hydrogen-bond acceptors (Lipinski definition) is 2. The largest absolute Gasteiger partial charge is 0.478 e. The maximum Gasteiger partial charge on any atom is 0.336 e. The maximum atomic E-state index is 10.6. The first kappa shape index (κ1) is 8.74. The zero-order valence-corrected chi connectivity index (χ0v) is 6.69. The van der Waals surface area contributed by atoms with E-state index >= 15 is 0 Å². The second-order valence-electron chi connectivity index (χ2n) is 2.57. The van der Waals surface area contributed by atoms with Crippen molar-refractivity contribution in [2.45, 2.75) is 13.0 Å². The van der Waals surface area contributed by atoms with E-state index in [4.69, 9.17) is 5.11 Å². The number of rotatable bonds is 2. The molecule has 1 aromatic carbocycles. The van der Waals surface area contributed by atoms with Crippen molar-refractivity contribution < 1.29 is 15.0 Å². The van der Waals surface area contributed by atoms with Gasteiger partial charge in [0.15, 0.2) is 0 Å². The molecule has 0 saturated heterocycles. The van der Waals surface area contributed by atoms with E-state index in [1.165, 1.54) is 6.07 Å². The van der Waals surface area contributed by atoms with E-state index in [0.29, 0.717) is 5.56 Å². The molecule has 0 heterocycles. The second kappa shape index (κ2) is 3.36. The Morgan fingerprint density at radius 2 is 2.00 bits per heavy atom. The molecule has 2 N–H and O–H groups in total. The van der Waals surface area contributed by atoms with Crippen LogP contribution in [0.4, 0.5) is 0 Å². The van der Waals surface area contributed by atoms with Gasteiger partial charge in [-0.3, -0.25) is 0 Å². The molecule has 12 heavy (non-hydrogen) atoms. The Balaban J connectivity index is 3.17. The predicted octanol–water partition coefficient (Wildman–Crippen LogP) is 1.44. The lowest BCUT2D eigenvalue weighted by Gasteiger charge is -2.07. The lowest BCUT2D eigenvalue weighted by molar-refractivity contribution is 0.0690. The molecule has 0 fully saturated rings. The standard InChI is InChI=1S/C9H10O3/c1-6(10)7-4-2-3-5-8(7)9(11)12/h2-6,10H,1H3,(H,11,12)/t6-/m1/s1. The third-order valence-corrected chi connectivity index (χ3v) is 1.64.